The van der Waals surface area contributed by atoms with Crippen LogP contribution in [0.25, 0.3) is 0 Å². The number of hydrazine groups is 1. The smallest absolute Gasteiger partial charge is 0.305 e. The summed E-state index contributed by atoms with van der Waals surface area (Å²) in [5.41, 5.74) is 4.79. The fourth-order valence-electron chi connectivity index (χ4n) is 2.70. The van der Waals surface area contributed by atoms with Crippen LogP contribution in [0.2, 0.25) is 0 Å². The summed E-state index contributed by atoms with van der Waals surface area (Å²) in [5, 5.41) is 0. The molecule has 10 heteroatoms. The van der Waals surface area contributed by atoms with E-state index in [0.29, 0.717) is 18.7 Å². The Balaban J connectivity index is 1.94. The molecule has 0 aliphatic carbocycles. The Bertz CT molecular complexity index is 981. The first-order valence-electron chi connectivity index (χ1n) is 10.2. The molecule has 170 valence electrons. The summed E-state index contributed by atoms with van der Waals surface area (Å²) in [6.07, 6.45) is 0.659. The van der Waals surface area contributed by atoms with E-state index in [1.807, 2.05) is 20.8 Å². The van der Waals surface area contributed by atoms with Gasteiger partial charge in [0.2, 0.25) is 10.0 Å². The summed E-state index contributed by atoms with van der Waals surface area (Å²) in [4.78, 5) is 26.7. The molecular formula is C21H30N4O5S. The summed E-state index contributed by atoms with van der Waals surface area (Å²) in [7, 11) is -3.65. The van der Waals surface area contributed by atoms with Crippen LogP contribution in [0.3, 0.4) is 0 Å². The summed E-state index contributed by atoms with van der Waals surface area (Å²) in [6, 6.07) is 8.51. The van der Waals surface area contributed by atoms with Gasteiger partial charge in [-0.3, -0.25) is 25.3 Å². The Kier molecular flexibility index (Phi) is 8.78. The van der Waals surface area contributed by atoms with Crippen molar-refractivity contribution >= 4 is 21.8 Å². The third-order valence-corrected chi connectivity index (χ3v) is 6.45. The summed E-state index contributed by atoms with van der Waals surface area (Å²) >= 11 is 0. The number of carbonyl (C=O) groups is 2. The number of amides is 2. The lowest BCUT2D eigenvalue weighted by Gasteiger charge is -2.15. The van der Waals surface area contributed by atoms with E-state index < -0.39 is 21.8 Å². The van der Waals surface area contributed by atoms with Gasteiger partial charge in [0.05, 0.1) is 11.4 Å². The SMILES string of the molecule is CCC(C)NS(=O)(=O)c1ccc(C(=O)NNC(=O)c2ccc(CN(CC)CC)o2)cc1. The van der Waals surface area contributed by atoms with Crippen molar-refractivity contribution in [3.05, 3.63) is 53.5 Å². The van der Waals surface area contributed by atoms with E-state index in [1.165, 1.54) is 24.3 Å². The van der Waals surface area contributed by atoms with Crippen LogP contribution in [0, 0.1) is 0 Å². The number of rotatable bonds is 10. The Hall–Kier alpha value is -2.69. The second-order valence-electron chi connectivity index (χ2n) is 7.09. The predicted molar refractivity (Wildman–Crippen MR) is 117 cm³/mol. The fourth-order valence-corrected chi connectivity index (χ4v) is 4.03. The molecule has 0 saturated heterocycles. The topological polar surface area (TPSA) is 121 Å². The fraction of sp³-hybridized carbons (Fsp3) is 0.429. The summed E-state index contributed by atoms with van der Waals surface area (Å²) in [6.45, 7) is 10.1. The molecule has 1 aromatic carbocycles. The van der Waals surface area contributed by atoms with E-state index in [4.69, 9.17) is 4.42 Å². The van der Waals surface area contributed by atoms with E-state index in [1.54, 1.807) is 19.1 Å². The van der Waals surface area contributed by atoms with Crippen LogP contribution in [-0.2, 0) is 16.6 Å². The second kappa shape index (κ2) is 11.1. The lowest BCUT2D eigenvalue weighted by Crippen LogP contribution is -2.41. The maximum absolute atomic E-state index is 12.3. The van der Waals surface area contributed by atoms with E-state index in [2.05, 4.69) is 20.5 Å². The van der Waals surface area contributed by atoms with E-state index in [0.717, 1.165) is 13.1 Å². The van der Waals surface area contributed by atoms with Crippen molar-refractivity contribution < 1.29 is 22.4 Å². The van der Waals surface area contributed by atoms with Gasteiger partial charge in [0.15, 0.2) is 5.76 Å². The third-order valence-electron chi connectivity index (χ3n) is 4.84. The van der Waals surface area contributed by atoms with Crippen molar-refractivity contribution in [2.75, 3.05) is 13.1 Å². The number of benzene rings is 1. The lowest BCUT2D eigenvalue weighted by molar-refractivity contribution is 0.0829. The molecule has 2 amide bonds. The molecule has 1 atom stereocenters. The van der Waals surface area contributed by atoms with Crippen molar-refractivity contribution in [2.45, 2.75) is 51.6 Å². The van der Waals surface area contributed by atoms with Crippen molar-refractivity contribution in [3.8, 4) is 0 Å². The number of hydrogen-bond acceptors (Lipinski definition) is 6. The molecule has 0 aliphatic rings. The average molecular weight is 451 g/mol. The molecular weight excluding hydrogens is 420 g/mol. The van der Waals surface area contributed by atoms with Gasteiger partial charge < -0.3 is 4.42 Å². The summed E-state index contributed by atoms with van der Waals surface area (Å²) < 4.78 is 32.6. The van der Waals surface area contributed by atoms with Crippen LogP contribution in [-0.4, -0.2) is 44.3 Å². The minimum absolute atomic E-state index is 0.0599. The normalized spacial score (nSPS) is 12.5. The van der Waals surface area contributed by atoms with Gasteiger partial charge in [-0.15, -0.1) is 0 Å². The number of nitrogens with one attached hydrogen (secondary N) is 3. The van der Waals surface area contributed by atoms with Crippen molar-refractivity contribution in [2.24, 2.45) is 0 Å². The van der Waals surface area contributed by atoms with E-state index >= 15 is 0 Å². The van der Waals surface area contributed by atoms with Crippen molar-refractivity contribution in [3.63, 3.8) is 0 Å². The Labute approximate surface area is 183 Å². The molecule has 31 heavy (non-hydrogen) atoms. The molecule has 2 rings (SSSR count). The molecule has 0 fully saturated rings. The zero-order chi connectivity index (χ0) is 23.0. The maximum Gasteiger partial charge on any atom is 0.305 e. The molecule has 1 heterocycles. The van der Waals surface area contributed by atoms with Crippen molar-refractivity contribution in [1.29, 1.82) is 0 Å². The van der Waals surface area contributed by atoms with Crippen LogP contribution in [0.1, 0.15) is 60.8 Å². The van der Waals surface area contributed by atoms with Gasteiger partial charge in [-0.25, -0.2) is 13.1 Å². The highest BCUT2D eigenvalue weighted by Crippen LogP contribution is 2.12. The van der Waals surface area contributed by atoms with Crippen LogP contribution >= 0.6 is 0 Å². The first-order chi connectivity index (χ1) is 14.7. The van der Waals surface area contributed by atoms with Crippen molar-refractivity contribution in [1.82, 2.24) is 20.5 Å². The molecule has 9 nitrogen and oxygen atoms in total. The van der Waals surface area contributed by atoms with Crippen LogP contribution in [0.5, 0.6) is 0 Å². The minimum Gasteiger partial charge on any atom is -0.454 e. The van der Waals surface area contributed by atoms with E-state index in [-0.39, 0.29) is 22.3 Å². The minimum atomic E-state index is -3.65. The molecule has 0 spiro atoms. The Morgan fingerprint density at radius 3 is 2.16 bits per heavy atom. The first kappa shape index (κ1) is 24.6. The average Bonchev–Trinajstić information content (AvgIpc) is 3.24. The van der Waals surface area contributed by atoms with Crippen LogP contribution < -0.4 is 15.6 Å². The molecule has 1 aromatic heterocycles. The van der Waals surface area contributed by atoms with Gasteiger partial charge in [-0.05, 0) is 62.8 Å². The van der Waals surface area contributed by atoms with Gasteiger partial charge in [0.1, 0.15) is 5.76 Å². The van der Waals surface area contributed by atoms with Gasteiger partial charge in [0, 0.05) is 11.6 Å². The molecule has 1 unspecified atom stereocenters. The molecule has 0 bridgehead atoms. The van der Waals surface area contributed by atoms with Crippen LogP contribution in [0.15, 0.2) is 45.7 Å². The molecule has 2 aromatic rings. The second-order valence-corrected chi connectivity index (χ2v) is 8.80. The maximum atomic E-state index is 12.3. The molecule has 0 saturated carbocycles. The first-order valence-corrected chi connectivity index (χ1v) is 11.7. The summed E-state index contributed by atoms with van der Waals surface area (Å²) in [5.74, 6) is -0.429. The highest BCUT2D eigenvalue weighted by atomic mass is 32.2. The Morgan fingerprint density at radius 1 is 0.968 bits per heavy atom. The predicted octanol–water partition coefficient (Wildman–Crippen LogP) is 2.27. The highest BCUT2D eigenvalue weighted by molar-refractivity contribution is 7.89. The largest absolute Gasteiger partial charge is 0.454 e. The lowest BCUT2D eigenvalue weighted by atomic mass is 10.2. The van der Waals surface area contributed by atoms with Gasteiger partial charge in [-0.2, -0.15) is 0 Å². The molecule has 0 aliphatic heterocycles. The van der Waals surface area contributed by atoms with Gasteiger partial charge >= 0.3 is 5.91 Å². The standard InChI is InChI=1S/C21H30N4O5S/c1-5-15(4)24-31(28,29)18-11-8-16(9-12-18)20(26)22-23-21(27)19-13-10-17(30-19)14-25(6-2)7-3/h8-13,15,24H,5-7,14H2,1-4H3,(H,22,26)(H,23,27). The quantitative estimate of drug-likeness (QED) is 0.478. The molecule has 0 radical (unpaired) electrons. The van der Waals surface area contributed by atoms with E-state index in [9.17, 15) is 18.0 Å². The zero-order valence-corrected chi connectivity index (χ0v) is 19.1. The monoisotopic (exact) mass is 450 g/mol. The molecule has 3 N–H and O–H groups in total. The zero-order valence-electron chi connectivity index (χ0n) is 18.3. The van der Waals surface area contributed by atoms with Gasteiger partial charge in [-0.1, -0.05) is 20.8 Å². The highest BCUT2D eigenvalue weighted by Gasteiger charge is 2.18. The van der Waals surface area contributed by atoms with Crippen LogP contribution in [0.4, 0.5) is 0 Å². The third kappa shape index (κ3) is 6.91. The number of nitrogens with zero attached hydrogens (tertiary/aromatic N) is 1. The number of hydrogen-bond donors (Lipinski definition) is 3. The Morgan fingerprint density at radius 2 is 1.58 bits per heavy atom. The number of sulfonamides is 1. The van der Waals surface area contributed by atoms with Gasteiger partial charge in [0.25, 0.3) is 5.91 Å². The number of carbonyl (C=O) groups excluding carboxylic acids is 2. The number of furan rings is 1.